The van der Waals surface area contributed by atoms with Crippen molar-refractivity contribution in [3.05, 3.63) is 35.4 Å². The number of benzene rings is 1. The number of nitrogens with two attached hydrogens (primary N) is 1. The molecule has 1 fully saturated rings. The molecular formula is C12H16F2N2. The monoisotopic (exact) mass is 226 g/mol. The van der Waals surface area contributed by atoms with E-state index in [4.69, 9.17) is 5.73 Å². The van der Waals surface area contributed by atoms with E-state index in [9.17, 15) is 8.78 Å². The van der Waals surface area contributed by atoms with E-state index in [1.165, 1.54) is 12.1 Å². The van der Waals surface area contributed by atoms with E-state index in [2.05, 4.69) is 5.32 Å². The zero-order chi connectivity index (χ0) is 11.8. The quantitative estimate of drug-likeness (QED) is 0.823. The molecule has 0 saturated heterocycles. The van der Waals surface area contributed by atoms with Crippen molar-refractivity contribution in [2.75, 3.05) is 13.6 Å². The Hall–Kier alpha value is -1.00. The molecular weight excluding hydrogens is 210 g/mol. The molecule has 0 amide bonds. The van der Waals surface area contributed by atoms with Crippen molar-refractivity contribution >= 4 is 0 Å². The molecule has 1 saturated carbocycles. The van der Waals surface area contributed by atoms with Crippen LogP contribution in [0.3, 0.4) is 0 Å². The summed E-state index contributed by atoms with van der Waals surface area (Å²) in [6.07, 6.45) is 2.07. The number of hydrogen-bond acceptors (Lipinski definition) is 2. The molecule has 1 aromatic rings. The van der Waals surface area contributed by atoms with Gasteiger partial charge in [-0.25, -0.2) is 8.78 Å². The minimum absolute atomic E-state index is 0.00704. The van der Waals surface area contributed by atoms with Gasteiger partial charge in [0.25, 0.3) is 0 Å². The van der Waals surface area contributed by atoms with E-state index < -0.39 is 11.6 Å². The van der Waals surface area contributed by atoms with Crippen molar-refractivity contribution in [2.45, 2.75) is 18.9 Å². The van der Waals surface area contributed by atoms with Crippen LogP contribution in [0.4, 0.5) is 8.78 Å². The van der Waals surface area contributed by atoms with Gasteiger partial charge in [0.2, 0.25) is 0 Å². The summed E-state index contributed by atoms with van der Waals surface area (Å²) in [6, 6.07) is 4.05. The van der Waals surface area contributed by atoms with Crippen LogP contribution < -0.4 is 11.1 Å². The van der Waals surface area contributed by atoms with Crippen molar-refractivity contribution in [3.8, 4) is 0 Å². The standard InChI is InChI=1S/C12H16F2N2/c1-16-11(12(7-15)4-5-12)8-2-3-9(13)10(14)6-8/h2-3,6,11,16H,4-5,7,15H2,1H3. The number of nitrogens with one attached hydrogen (secondary N) is 1. The van der Waals surface area contributed by atoms with Crippen LogP contribution in [0.2, 0.25) is 0 Å². The third kappa shape index (κ3) is 1.83. The van der Waals surface area contributed by atoms with Crippen molar-refractivity contribution < 1.29 is 8.78 Å². The maximum absolute atomic E-state index is 13.2. The lowest BCUT2D eigenvalue weighted by Crippen LogP contribution is -2.32. The Morgan fingerprint density at radius 1 is 1.38 bits per heavy atom. The Morgan fingerprint density at radius 3 is 2.50 bits per heavy atom. The first-order valence-corrected chi connectivity index (χ1v) is 5.45. The summed E-state index contributed by atoms with van der Waals surface area (Å²) in [4.78, 5) is 0. The van der Waals surface area contributed by atoms with Crippen molar-refractivity contribution in [1.82, 2.24) is 5.32 Å². The molecule has 1 aliphatic rings. The molecule has 4 heteroatoms. The van der Waals surface area contributed by atoms with Gasteiger partial charge in [-0.3, -0.25) is 0 Å². The van der Waals surface area contributed by atoms with E-state index in [-0.39, 0.29) is 11.5 Å². The fourth-order valence-corrected chi connectivity index (χ4v) is 2.29. The fraction of sp³-hybridized carbons (Fsp3) is 0.500. The number of halogens is 2. The van der Waals surface area contributed by atoms with E-state index in [0.29, 0.717) is 6.54 Å². The molecule has 0 radical (unpaired) electrons. The second-order valence-corrected chi connectivity index (χ2v) is 4.46. The summed E-state index contributed by atoms with van der Waals surface area (Å²) in [5.74, 6) is -1.61. The highest BCUT2D eigenvalue weighted by molar-refractivity contribution is 5.26. The molecule has 1 aromatic carbocycles. The van der Waals surface area contributed by atoms with Crippen molar-refractivity contribution in [2.24, 2.45) is 11.1 Å². The predicted octanol–water partition coefficient (Wildman–Crippen LogP) is 1.96. The van der Waals surface area contributed by atoms with E-state index in [0.717, 1.165) is 18.4 Å². The summed E-state index contributed by atoms with van der Waals surface area (Å²) in [7, 11) is 1.82. The first-order chi connectivity index (χ1) is 7.63. The maximum Gasteiger partial charge on any atom is 0.159 e. The molecule has 0 aromatic heterocycles. The fourth-order valence-electron chi connectivity index (χ4n) is 2.29. The smallest absolute Gasteiger partial charge is 0.159 e. The summed E-state index contributed by atoms with van der Waals surface area (Å²) < 4.78 is 26.0. The van der Waals surface area contributed by atoms with E-state index in [1.54, 1.807) is 6.07 Å². The topological polar surface area (TPSA) is 38.0 Å². The molecule has 88 valence electrons. The van der Waals surface area contributed by atoms with Crippen LogP contribution in [0.5, 0.6) is 0 Å². The summed E-state index contributed by atoms with van der Waals surface area (Å²) in [5, 5.41) is 3.15. The highest BCUT2D eigenvalue weighted by Gasteiger charge is 2.48. The van der Waals surface area contributed by atoms with Gasteiger partial charge >= 0.3 is 0 Å². The minimum atomic E-state index is -0.809. The third-order valence-corrected chi connectivity index (χ3v) is 3.48. The largest absolute Gasteiger partial charge is 0.330 e. The average Bonchev–Trinajstić information content (AvgIpc) is 3.05. The second kappa shape index (κ2) is 4.11. The SMILES string of the molecule is CNC(c1ccc(F)c(F)c1)C1(CN)CC1. The van der Waals surface area contributed by atoms with Gasteiger partial charge in [-0.1, -0.05) is 6.07 Å². The Balaban J connectivity index is 2.30. The van der Waals surface area contributed by atoms with Crippen LogP contribution in [-0.2, 0) is 0 Å². The van der Waals surface area contributed by atoms with Gasteiger partial charge in [0.15, 0.2) is 11.6 Å². The van der Waals surface area contributed by atoms with Gasteiger partial charge in [-0.15, -0.1) is 0 Å². The van der Waals surface area contributed by atoms with Crippen LogP contribution in [0, 0.1) is 17.0 Å². The van der Waals surface area contributed by atoms with E-state index >= 15 is 0 Å². The molecule has 1 atom stereocenters. The predicted molar refractivity (Wildman–Crippen MR) is 58.9 cm³/mol. The molecule has 0 bridgehead atoms. The van der Waals surface area contributed by atoms with E-state index in [1.807, 2.05) is 7.05 Å². The summed E-state index contributed by atoms with van der Waals surface area (Å²) in [6.45, 7) is 0.567. The second-order valence-electron chi connectivity index (χ2n) is 4.46. The van der Waals surface area contributed by atoms with Crippen molar-refractivity contribution in [3.63, 3.8) is 0 Å². The molecule has 0 aliphatic heterocycles. The van der Waals surface area contributed by atoms with Crippen LogP contribution in [0.1, 0.15) is 24.4 Å². The van der Waals surface area contributed by atoms with Crippen LogP contribution in [0.25, 0.3) is 0 Å². The maximum atomic E-state index is 13.2. The number of hydrogen-bond donors (Lipinski definition) is 2. The Morgan fingerprint density at radius 2 is 2.06 bits per heavy atom. The van der Waals surface area contributed by atoms with Gasteiger partial charge in [0.1, 0.15) is 0 Å². The summed E-state index contributed by atoms with van der Waals surface area (Å²) >= 11 is 0. The van der Waals surface area contributed by atoms with Crippen LogP contribution in [0.15, 0.2) is 18.2 Å². The van der Waals surface area contributed by atoms with Gasteiger partial charge in [0.05, 0.1) is 0 Å². The first kappa shape index (κ1) is 11.5. The lowest BCUT2D eigenvalue weighted by molar-refractivity contribution is 0.364. The summed E-state index contributed by atoms with van der Waals surface area (Å²) in [5.41, 5.74) is 6.54. The molecule has 0 spiro atoms. The van der Waals surface area contributed by atoms with Gasteiger partial charge in [0, 0.05) is 11.5 Å². The normalized spacial score (nSPS) is 19.5. The number of rotatable bonds is 4. The molecule has 0 heterocycles. The molecule has 1 aliphatic carbocycles. The third-order valence-electron chi connectivity index (χ3n) is 3.48. The minimum Gasteiger partial charge on any atom is -0.330 e. The van der Waals surface area contributed by atoms with Gasteiger partial charge in [-0.2, -0.15) is 0 Å². The Bertz CT molecular complexity index is 389. The zero-order valence-corrected chi connectivity index (χ0v) is 9.26. The molecule has 3 N–H and O–H groups in total. The van der Waals surface area contributed by atoms with Crippen LogP contribution in [-0.4, -0.2) is 13.6 Å². The average molecular weight is 226 g/mol. The molecule has 2 rings (SSSR count). The van der Waals surface area contributed by atoms with Crippen LogP contribution >= 0.6 is 0 Å². The highest BCUT2D eigenvalue weighted by Crippen LogP contribution is 2.53. The Kier molecular flexibility index (Phi) is 2.95. The van der Waals surface area contributed by atoms with Crippen molar-refractivity contribution in [1.29, 1.82) is 0 Å². The van der Waals surface area contributed by atoms with Gasteiger partial charge in [-0.05, 0) is 44.1 Å². The molecule has 1 unspecified atom stereocenters. The zero-order valence-electron chi connectivity index (χ0n) is 9.26. The first-order valence-electron chi connectivity index (χ1n) is 5.45. The molecule has 2 nitrogen and oxygen atoms in total. The Labute approximate surface area is 93.8 Å². The highest BCUT2D eigenvalue weighted by atomic mass is 19.2. The lowest BCUT2D eigenvalue weighted by Gasteiger charge is -2.26. The lowest BCUT2D eigenvalue weighted by atomic mass is 9.90. The van der Waals surface area contributed by atoms with Gasteiger partial charge < -0.3 is 11.1 Å². The molecule has 16 heavy (non-hydrogen) atoms.